The van der Waals surface area contributed by atoms with E-state index in [0.29, 0.717) is 6.04 Å². The van der Waals surface area contributed by atoms with Crippen molar-refractivity contribution in [3.8, 4) is 0 Å². The van der Waals surface area contributed by atoms with Gasteiger partial charge in [0, 0.05) is 11.3 Å². The van der Waals surface area contributed by atoms with Gasteiger partial charge in [0.25, 0.3) is 0 Å². The molecule has 5 heteroatoms. The molecule has 0 bridgehead atoms. The van der Waals surface area contributed by atoms with Crippen molar-refractivity contribution in [2.24, 2.45) is 0 Å². The van der Waals surface area contributed by atoms with Gasteiger partial charge in [0.15, 0.2) is 4.34 Å². The van der Waals surface area contributed by atoms with Gasteiger partial charge in [-0.15, -0.1) is 10.2 Å². The Labute approximate surface area is 98.1 Å². The predicted octanol–water partition coefficient (Wildman–Crippen LogP) is 3.15. The monoisotopic (exact) mass is 241 g/mol. The van der Waals surface area contributed by atoms with Gasteiger partial charge in [-0.05, 0) is 25.7 Å². The summed E-state index contributed by atoms with van der Waals surface area (Å²) in [6.45, 7) is 0. The maximum atomic E-state index is 4.23. The van der Waals surface area contributed by atoms with Crippen LogP contribution in [0.4, 0.5) is 5.13 Å². The molecule has 0 amide bonds. The lowest BCUT2D eigenvalue weighted by Crippen LogP contribution is -1.99. The molecular formula is C10H15N3S2. The van der Waals surface area contributed by atoms with E-state index in [1.807, 2.05) is 11.8 Å². The third-order valence-electron chi connectivity index (χ3n) is 2.88. The van der Waals surface area contributed by atoms with Gasteiger partial charge < -0.3 is 5.32 Å². The topological polar surface area (TPSA) is 37.8 Å². The second-order valence-corrected chi connectivity index (χ2v) is 6.84. The first-order valence-corrected chi connectivity index (χ1v) is 7.36. The summed E-state index contributed by atoms with van der Waals surface area (Å²) in [5, 5.41) is 13.6. The van der Waals surface area contributed by atoms with Gasteiger partial charge in [-0.25, -0.2) is 0 Å². The van der Waals surface area contributed by atoms with Crippen LogP contribution in [-0.2, 0) is 0 Å². The molecule has 1 N–H and O–H groups in total. The van der Waals surface area contributed by atoms with Gasteiger partial charge in [0.05, 0.1) is 0 Å². The largest absolute Gasteiger partial charge is 0.357 e. The molecule has 1 aromatic heterocycles. The SMILES string of the molecule is C1CCC(Sc2nnc(NC3CC3)s2)C1. The lowest BCUT2D eigenvalue weighted by atomic mass is 10.4. The molecule has 0 atom stereocenters. The molecule has 3 rings (SSSR count). The standard InChI is InChI=1S/C10H15N3S2/c1-2-4-8(3-1)14-10-13-12-9(15-10)11-7-5-6-7/h7-8H,1-6H2,(H,11,12). The smallest absolute Gasteiger partial charge is 0.206 e. The molecule has 0 saturated heterocycles. The molecule has 0 spiro atoms. The van der Waals surface area contributed by atoms with Crippen molar-refractivity contribution in [1.29, 1.82) is 0 Å². The van der Waals surface area contributed by atoms with Crippen molar-refractivity contribution in [2.45, 2.75) is 54.2 Å². The zero-order valence-electron chi connectivity index (χ0n) is 8.61. The van der Waals surface area contributed by atoms with Gasteiger partial charge in [-0.3, -0.25) is 0 Å². The first-order valence-electron chi connectivity index (χ1n) is 5.67. The molecule has 1 heterocycles. The highest BCUT2D eigenvalue weighted by atomic mass is 32.2. The van der Waals surface area contributed by atoms with E-state index in [4.69, 9.17) is 0 Å². The number of hydrogen-bond donors (Lipinski definition) is 1. The minimum Gasteiger partial charge on any atom is -0.357 e. The van der Waals surface area contributed by atoms with Crippen LogP contribution in [0.2, 0.25) is 0 Å². The van der Waals surface area contributed by atoms with Crippen molar-refractivity contribution < 1.29 is 0 Å². The quantitative estimate of drug-likeness (QED) is 0.878. The van der Waals surface area contributed by atoms with Crippen molar-refractivity contribution in [1.82, 2.24) is 10.2 Å². The average molecular weight is 241 g/mol. The first-order chi connectivity index (χ1) is 7.40. The van der Waals surface area contributed by atoms with Crippen LogP contribution in [-0.4, -0.2) is 21.5 Å². The van der Waals surface area contributed by atoms with E-state index >= 15 is 0 Å². The van der Waals surface area contributed by atoms with Crippen LogP contribution in [0.1, 0.15) is 38.5 Å². The molecule has 0 unspecified atom stereocenters. The van der Waals surface area contributed by atoms with Crippen LogP contribution in [0.15, 0.2) is 4.34 Å². The van der Waals surface area contributed by atoms with E-state index in [0.717, 1.165) is 14.7 Å². The van der Waals surface area contributed by atoms with Crippen LogP contribution in [0.5, 0.6) is 0 Å². The molecule has 2 aliphatic rings. The number of nitrogens with one attached hydrogen (secondary N) is 1. The molecule has 2 saturated carbocycles. The minimum atomic E-state index is 0.683. The Bertz CT molecular complexity index is 329. The van der Waals surface area contributed by atoms with Crippen molar-refractivity contribution in [3.05, 3.63) is 0 Å². The lowest BCUT2D eigenvalue weighted by molar-refractivity contribution is 0.886. The Balaban J connectivity index is 1.57. The summed E-state index contributed by atoms with van der Waals surface area (Å²) in [6.07, 6.45) is 8.09. The van der Waals surface area contributed by atoms with E-state index in [-0.39, 0.29) is 0 Å². The van der Waals surface area contributed by atoms with Crippen molar-refractivity contribution >= 4 is 28.2 Å². The highest BCUT2D eigenvalue weighted by Gasteiger charge is 2.23. The second-order valence-electron chi connectivity index (χ2n) is 4.32. The van der Waals surface area contributed by atoms with E-state index < -0.39 is 0 Å². The van der Waals surface area contributed by atoms with Gasteiger partial charge in [0.1, 0.15) is 0 Å². The summed E-state index contributed by atoms with van der Waals surface area (Å²) in [6, 6.07) is 0.683. The van der Waals surface area contributed by atoms with Gasteiger partial charge in [0.2, 0.25) is 5.13 Å². The summed E-state index contributed by atoms with van der Waals surface area (Å²) in [5.74, 6) is 0. The van der Waals surface area contributed by atoms with E-state index in [9.17, 15) is 0 Å². The van der Waals surface area contributed by atoms with Crippen LogP contribution >= 0.6 is 23.1 Å². The maximum Gasteiger partial charge on any atom is 0.206 e. The zero-order chi connectivity index (χ0) is 10.1. The fourth-order valence-electron chi connectivity index (χ4n) is 1.87. The highest BCUT2D eigenvalue weighted by Crippen LogP contribution is 2.37. The van der Waals surface area contributed by atoms with E-state index in [2.05, 4.69) is 15.5 Å². The van der Waals surface area contributed by atoms with Gasteiger partial charge >= 0.3 is 0 Å². The number of nitrogens with zero attached hydrogens (tertiary/aromatic N) is 2. The third kappa shape index (κ3) is 2.64. The number of rotatable bonds is 4. The Morgan fingerprint density at radius 2 is 1.93 bits per heavy atom. The second kappa shape index (κ2) is 4.29. The molecule has 2 fully saturated rings. The summed E-state index contributed by atoms with van der Waals surface area (Å²) in [7, 11) is 0. The Morgan fingerprint density at radius 1 is 1.13 bits per heavy atom. The molecule has 0 aromatic carbocycles. The van der Waals surface area contributed by atoms with Gasteiger partial charge in [-0.2, -0.15) is 0 Å². The highest BCUT2D eigenvalue weighted by molar-refractivity contribution is 8.01. The number of aromatic nitrogens is 2. The van der Waals surface area contributed by atoms with Crippen LogP contribution in [0, 0.1) is 0 Å². The molecule has 0 aliphatic heterocycles. The number of hydrogen-bond acceptors (Lipinski definition) is 5. The third-order valence-corrected chi connectivity index (χ3v) is 5.16. The Hall–Kier alpha value is -0.290. The van der Waals surface area contributed by atoms with Crippen LogP contribution in [0.3, 0.4) is 0 Å². The lowest BCUT2D eigenvalue weighted by Gasteiger charge is -2.03. The zero-order valence-corrected chi connectivity index (χ0v) is 10.2. The fraction of sp³-hybridized carbons (Fsp3) is 0.800. The maximum absolute atomic E-state index is 4.23. The normalized spacial score (nSPS) is 22.1. The van der Waals surface area contributed by atoms with Crippen molar-refractivity contribution in [3.63, 3.8) is 0 Å². The molecular weight excluding hydrogens is 226 g/mol. The molecule has 3 nitrogen and oxygen atoms in total. The average Bonchev–Trinajstić information content (AvgIpc) is 2.74. The molecule has 1 aromatic rings. The predicted molar refractivity (Wildman–Crippen MR) is 64.7 cm³/mol. The fourth-order valence-corrected chi connectivity index (χ4v) is 4.20. The molecule has 15 heavy (non-hydrogen) atoms. The molecule has 0 radical (unpaired) electrons. The molecule has 2 aliphatic carbocycles. The van der Waals surface area contributed by atoms with E-state index in [1.165, 1.54) is 38.5 Å². The van der Waals surface area contributed by atoms with Crippen LogP contribution < -0.4 is 5.32 Å². The summed E-state index contributed by atoms with van der Waals surface area (Å²) in [5.41, 5.74) is 0. The first kappa shape index (κ1) is 9.90. The molecule has 82 valence electrons. The van der Waals surface area contributed by atoms with Crippen LogP contribution in [0.25, 0.3) is 0 Å². The Morgan fingerprint density at radius 3 is 2.67 bits per heavy atom. The number of anilines is 1. The van der Waals surface area contributed by atoms with E-state index in [1.54, 1.807) is 11.3 Å². The summed E-state index contributed by atoms with van der Waals surface area (Å²) in [4.78, 5) is 0. The summed E-state index contributed by atoms with van der Waals surface area (Å²) >= 11 is 3.64. The number of thioether (sulfide) groups is 1. The minimum absolute atomic E-state index is 0.683. The van der Waals surface area contributed by atoms with Gasteiger partial charge in [-0.1, -0.05) is 35.9 Å². The Kier molecular flexibility index (Phi) is 2.83. The van der Waals surface area contributed by atoms with Crippen molar-refractivity contribution in [2.75, 3.05) is 5.32 Å². The summed E-state index contributed by atoms with van der Waals surface area (Å²) < 4.78 is 1.14.